The van der Waals surface area contributed by atoms with E-state index in [4.69, 9.17) is 14.4 Å². The fourth-order valence-corrected chi connectivity index (χ4v) is 4.63. The Labute approximate surface area is 259 Å². The number of hydrogen-bond acceptors (Lipinski definition) is 4. The number of aliphatic hydroxyl groups is 1. The molecule has 0 fully saturated rings. The van der Waals surface area contributed by atoms with Crippen LogP contribution in [0.4, 0.5) is 0 Å². The van der Waals surface area contributed by atoms with Gasteiger partial charge in [0.1, 0.15) is 5.75 Å². The largest absolute Gasteiger partial charge is 0.496 e. The molecule has 0 saturated carbocycles. The van der Waals surface area contributed by atoms with Crippen LogP contribution in [0.3, 0.4) is 0 Å². The summed E-state index contributed by atoms with van der Waals surface area (Å²) in [6.07, 6.45) is 0. The van der Waals surface area contributed by atoms with Crippen molar-refractivity contribution in [2.24, 2.45) is 0 Å². The number of para-hydroxylation sites is 1. The number of nitrogens with zero attached hydrogens (tertiary/aromatic N) is 1. The molecule has 0 aliphatic rings. The Hall–Kier alpha value is -3.41. The van der Waals surface area contributed by atoms with Gasteiger partial charge in [-0.15, -0.1) is 0 Å². The highest BCUT2D eigenvalue weighted by atomic mass is 16.5. The average molecular weight is 577 g/mol. The minimum atomic E-state index is -1.01. The fourth-order valence-electron chi connectivity index (χ4n) is 4.63. The lowest BCUT2D eigenvalue weighted by atomic mass is 9.78. The van der Waals surface area contributed by atoms with Crippen LogP contribution in [0.1, 0.15) is 80.4 Å². The molecule has 1 aromatic heterocycles. The van der Waals surface area contributed by atoms with E-state index in [0.29, 0.717) is 0 Å². The first kappa shape index (κ1) is 32.5. The van der Waals surface area contributed by atoms with Crippen LogP contribution in [-0.4, -0.2) is 35.9 Å². The predicted octanol–water partition coefficient (Wildman–Crippen LogP) is 8.50. The number of rotatable bonds is 8. The van der Waals surface area contributed by atoms with Gasteiger partial charge in [-0.3, -0.25) is 0 Å². The van der Waals surface area contributed by atoms with Crippen LogP contribution < -0.4 is 10.2 Å². The van der Waals surface area contributed by atoms with E-state index in [2.05, 4.69) is 90.1 Å². The van der Waals surface area contributed by atoms with Crippen molar-refractivity contribution in [1.82, 2.24) is 4.98 Å². The summed E-state index contributed by atoms with van der Waals surface area (Å²) in [7, 11) is 3.41. The molecule has 0 aliphatic carbocycles. The third kappa shape index (κ3) is 7.58. The smallest absolute Gasteiger partial charge is 0.330 e. The third-order valence-electron chi connectivity index (χ3n) is 8.35. The van der Waals surface area contributed by atoms with Crippen LogP contribution in [0.5, 0.6) is 5.75 Å². The summed E-state index contributed by atoms with van der Waals surface area (Å²) in [6.45, 7) is 20.9. The summed E-state index contributed by atoms with van der Waals surface area (Å²) in [5.74, 6) is 0.779. The van der Waals surface area contributed by atoms with Gasteiger partial charge in [-0.05, 0) is 90.6 Å². The molecule has 0 amide bonds. The second kappa shape index (κ2) is 11.9. The predicted molar refractivity (Wildman–Crippen MR) is 181 cm³/mol. The van der Waals surface area contributed by atoms with Gasteiger partial charge in [0, 0.05) is 5.56 Å². The van der Waals surface area contributed by atoms with Gasteiger partial charge in [-0.25, -0.2) is 4.98 Å². The minimum Gasteiger partial charge on any atom is -0.496 e. The molecule has 43 heavy (non-hydrogen) atoms. The van der Waals surface area contributed by atoms with Crippen LogP contribution >= 0.6 is 0 Å². The highest BCUT2D eigenvalue weighted by Gasteiger charge is 2.35. The van der Waals surface area contributed by atoms with Crippen LogP contribution in [0.15, 0.2) is 78.9 Å². The van der Waals surface area contributed by atoms with E-state index in [-0.39, 0.29) is 10.8 Å². The Morgan fingerprint density at radius 2 is 1.21 bits per heavy atom. The van der Waals surface area contributed by atoms with Gasteiger partial charge in [-0.1, -0.05) is 102 Å². The van der Waals surface area contributed by atoms with Crippen molar-refractivity contribution in [2.45, 2.75) is 91.3 Å². The third-order valence-corrected chi connectivity index (χ3v) is 8.35. The van der Waals surface area contributed by atoms with Gasteiger partial charge in [0.25, 0.3) is 0 Å². The summed E-state index contributed by atoms with van der Waals surface area (Å²) < 4.78 is 11.8. The lowest BCUT2D eigenvalue weighted by Crippen LogP contribution is -2.49. The quantitative estimate of drug-likeness (QED) is 0.214. The lowest BCUT2D eigenvalue weighted by Gasteiger charge is -2.37. The van der Waals surface area contributed by atoms with E-state index in [0.717, 1.165) is 44.9 Å². The lowest BCUT2D eigenvalue weighted by molar-refractivity contribution is -0.0893. The first-order valence-electron chi connectivity index (χ1n) is 15.0. The first-order chi connectivity index (χ1) is 19.9. The zero-order chi connectivity index (χ0) is 31.8. The van der Waals surface area contributed by atoms with E-state index in [1.165, 1.54) is 11.1 Å². The average Bonchev–Trinajstić information content (AvgIpc) is 2.94. The summed E-state index contributed by atoms with van der Waals surface area (Å²) in [5, 5.41) is 10.6. The molecule has 3 aromatic carbocycles. The standard InChI is InChI=1S/C38H47BNO3/c1-35(2,3)28-19-26(20-29(24-28)36(4,5)6)27-22-32(40-33(23-27)31-17-12-13-18-34(31)42-11)25-15-14-16-30(21-25)39-43-38(9,10)37(7,8)41/h12-24,41H,1-11H3. The van der Waals surface area contributed by atoms with Crippen LogP contribution in [0, 0.1) is 0 Å². The van der Waals surface area contributed by atoms with Gasteiger partial charge in [0.15, 0.2) is 0 Å². The molecule has 0 unspecified atom stereocenters. The molecule has 0 aliphatic heterocycles. The highest BCUT2D eigenvalue weighted by molar-refractivity contribution is 6.47. The molecule has 1 N–H and O–H groups in total. The molecule has 0 saturated heterocycles. The van der Waals surface area contributed by atoms with Crippen LogP contribution in [-0.2, 0) is 15.5 Å². The van der Waals surface area contributed by atoms with Crippen LogP contribution in [0.2, 0.25) is 0 Å². The highest BCUT2D eigenvalue weighted by Crippen LogP contribution is 2.38. The maximum atomic E-state index is 10.6. The molecule has 4 nitrogen and oxygen atoms in total. The zero-order valence-corrected chi connectivity index (χ0v) is 27.8. The maximum Gasteiger partial charge on any atom is 0.330 e. The molecule has 225 valence electrons. The van der Waals surface area contributed by atoms with Crippen molar-refractivity contribution in [2.75, 3.05) is 7.11 Å². The number of ether oxygens (including phenoxy) is 1. The molecular weight excluding hydrogens is 529 g/mol. The normalized spacial score (nSPS) is 12.7. The zero-order valence-electron chi connectivity index (χ0n) is 27.8. The van der Waals surface area contributed by atoms with E-state index < -0.39 is 11.2 Å². The van der Waals surface area contributed by atoms with Crippen molar-refractivity contribution in [3.63, 3.8) is 0 Å². The summed E-state index contributed by atoms with van der Waals surface area (Å²) in [6, 6.07) is 27.5. The number of benzene rings is 3. The van der Waals surface area contributed by atoms with Crippen molar-refractivity contribution in [1.29, 1.82) is 0 Å². The minimum absolute atomic E-state index is 0.00156. The first-order valence-corrected chi connectivity index (χ1v) is 15.0. The number of methoxy groups -OCH3 is 1. The fraction of sp³-hybridized carbons (Fsp3) is 0.395. The van der Waals surface area contributed by atoms with Gasteiger partial charge in [0.05, 0.1) is 29.7 Å². The van der Waals surface area contributed by atoms with Crippen molar-refractivity contribution in [3.05, 3.63) is 90.0 Å². The number of pyridine rings is 1. The van der Waals surface area contributed by atoms with Gasteiger partial charge in [-0.2, -0.15) is 0 Å². The Morgan fingerprint density at radius 1 is 0.628 bits per heavy atom. The number of aromatic nitrogens is 1. The Morgan fingerprint density at radius 3 is 1.79 bits per heavy atom. The molecule has 5 heteroatoms. The monoisotopic (exact) mass is 576 g/mol. The van der Waals surface area contributed by atoms with Gasteiger partial charge < -0.3 is 14.5 Å². The molecule has 0 bridgehead atoms. The second-order valence-corrected chi connectivity index (χ2v) is 14.6. The van der Waals surface area contributed by atoms with Crippen LogP contribution in [0.25, 0.3) is 33.6 Å². The Kier molecular flexibility index (Phi) is 9.03. The van der Waals surface area contributed by atoms with E-state index in [9.17, 15) is 5.11 Å². The van der Waals surface area contributed by atoms with E-state index in [1.54, 1.807) is 28.4 Å². The Balaban J connectivity index is 1.90. The molecule has 0 atom stereocenters. The SMILES string of the molecule is COc1ccccc1-c1cc(-c2cc(C(C)(C)C)cc(C(C)(C)C)c2)cc(-c2cccc([B]OC(C)(C)C(C)(C)O)c2)n1. The molecule has 1 heterocycles. The van der Waals surface area contributed by atoms with Crippen molar-refractivity contribution in [3.8, 4) is 39.4 Å². The topological polar surface area (TPSA) is 51.6 Å². The number of hydrogen-bond donors (Lipinski definition) is 1. The Bertz CT molecular complexity index is 1550. The second-order valence-electron chi connectivity index (χ2n) is 14.6. The van der Waals surface area contributed by atoms with Gasteiger partial charge in [0.2, 0.25) is 0 Å². The summed E-state index contributed by atoms with van der Waals surface area (Å²) in [5.41, 5.74) is 7.59. The van der Waals surface area contributed by atoms with Crippen molar-refractivity contribution >= 4 is 12.9 Å². The van der Waals surface area contributed by atoms with Gasteiger partial charge >= 0.3 is 7.48 Å². The molecule has 1 radical (unpaired) electrons. The van der Waals surface area contributed by atoms with E-state index >= 15 is 0 Å². The summed E-state index contributed by atoms with van der Waals surface area (Å²) in [4.78, 5) is 5.16. The molecular formula is C38H47BNO3. The molecule has 0 spiro atoms. The molecule has 4 aromatic rings. The molecule has 4 rings (SSSR count). The maximum absolute atomic E-state index is 10.6. The van der Waals surface area contributed by atoms with E-state index in [1.807, 2.05) is 44.2 Å². The summed E-state index contributed by atoms with van der Waals surface area (Å²) >= 11 is 0. The van der Waals surface area contributed by atoms with Crippen molar-refractivity contribution < 1.29 is 14.5 Å².